The molecule has 2 aromatic heterocycles. The molecule has 0 bridgehead atoms. The number of nitrogens with zero attached hydrogens (tertiary/aromatic N) is 3. The Hall–Kier alpha value is -2.17. The molecule has 106 valence electrons. The molecule has 1 atom stereocenters. The lowest BCUT2D eigenvalue weighted by Gasteiger charge is -2.18. The molecule has 2 heterocycles. The predicted octanol–water partition coefficient (Wildman–Crippen LogP) is 3.06. The van der Waals surface area contributed by atoms with Crippen LogP contribution in [0.2, 0.25) is 0 Å². The van der Waals surface area contributed by atoms with Gasteiger partial charge < -0.3 is 11.1 Å². The molecule has 1 unspecified atom stereocenters. The minimum absolute atomic E-state index is 0.131. The molecule has 5 heteroatoms. The van der Waals surface area contributed by atoms with Crippen molar-refractivity contribution in [2.75, 3.05) is 11.1 Å². The van der Waals surface area contributed by atoms with Crippen LogP contribution in [0.4, 0.5) is 11.6 Å². The Bertz CT molecular complexity index is 580. The minimum Gasteiger partial charge on any atom is -0.383 e. The molecule has 3 N–H and O–H groups in total. The lowest BCUT2D eigenvalue weighted by Crippen LogP contribution is -2.13. The first kappa shape index (κ1) is 14.2. The van der Waals surface area contributed by atoms with Gasteiger partial charge in [0.1, 0.15) is 17.5 Å². The zero-order valence-corrected chi connectivity index (χ0v) is 12.4. The van der Waals surface area contributed by atoms with Crippen LogP contribution in [0, 0.1) is 6.92 Å². The maximum absolute atomic E-state index is 5.97. The number of nitrogens with two attached hydrogens (primary N) is 1. The summed E-state index contributed by atoms with van der Waals surface area (Å²) < 4.78 is 0. The van der Waals surface area contributed by atoms with Crippen molar-refractivity contribution in [3.63, 3.8) is 0 Å². The molecule has 0 radical (unpaired) electrons. The van der Waals surface area contributed by atoms with Gasteiger partial charge in [0.15, 0.2) is 0 Å². The summed E-state index contributed by atoms with van der Waals surface area (Å²) in [5.74, 6) is 2.34. The smallest absolute Gasteiger partial charge is 0.135 e. The van der Waals surface area contributed by atoms with Gasteiger partial charge in [-0.3, -0.25) is 4.98 Å². The van der Waals surface area contributed by atoms with E-state index in [-0.39, 0.29) is 12.0 Å². The van der Waals surface area contributed by atoms with Gasteiger partial charge in [-0.1, -0.05) is 13.8 Å². The van der Waals surface area contributed by atoms with Crippen LogP contribution in [0.25, 0.3) is 0 Å². The van der Waals surface area contributed by atoms with Gasteiger partial charge in [-0.15, -0.1) is 0 Å². The maximum atomic E-state index is 5.97. The van der Waals surface area contributed by atoms with Crippen molar-refractivity contribution in [1.29, 1.82) is 0 Å². The highest BCUT2D eigenvalue weighted by Crippen LogP contribution is 2.24. The van der Waals surface area contributed by atoms with Crippen LogP contribution < -0.4 is 11.1 Å². The fraction of sp³-hybridized carbons (Fsp3) is 0.400. The highest BCUT2D eigenvalue weighted by Gasteiger charge is 2.13. The van der Waals surface area contributed by atoms with Gasteiger partial charge in [0.05, 0.1) is 6.04 Å². The summed E-state index contributed by atoms with van der Waals surface area (Å²) in [5.41, 5.74) is 8.01. The highest BCUT2D eigenvalue weighted by molar-refractivity contribution is 5.55. The van der Waals surface area contributed by atoms with Crippen molar-refractivity contribution in [3.8, 4) is 0 Å². The fourth-order valence-corrected chi connectivity index (χ4v) is 1.89. The Labute approximate surface area is 119 Å². The van der Waals surface area contributed by atoms with Gasteiger partial charge in [-0.2, -0.15) is 0 Å². The van der Waals surface area contributed by atoms with Gasteiger partial charge >= 0.3 is 0 Å². The second kappa shape index (κ2) is 5.86. The van der Waals surface area contributed by atoms with E-state index in [1.165, 1.54) is 0 Å². The number of anilines is 2. The molecule has 0 amide bonds. The number of rotatable bonds is 4. The Morgan fingerprint density at radius 1 is 1.10 bits per heavy atom. The van der Waals surface area contributed by atoms with Crippen LogP contribution in [-0.2, 0) is 0 Å². The standard InChI is InChI=1S/C15H21N5/c1-9(2)14-19-13(16)10(3)15(20-14)18-11(4)12-5-7-17-8-6-12/h5-9,11H,1-4H3,(H3,16,18,19,20). The topological polar surface area (TPSA) is 76.7 Å². The lowest BCUT2D eigenvalue weighted by atomic mass is 10.1. The molecule has 0 spiro atoms. The van der Waals surface area contributed by atoms with Crippen LogP contribution in [0.3, 0.4) is 0 Å². The molecule has 0 saturated heterocycles. The zero-order chi connectivity index (χ0) is 14.7. The first-order valence-corrected chi connectivity index (χ1v) is 6.79. The normalized spacial score (nSPS) is 12.4. The number of nitrogen functional groups attached to an aromatic ring is 1. The number of nitrogens with one attached hydrogen (secondary N) is 1. The van der Waals surface area contributed by atoms with Crippen LogP contribution in [0.15, 0.2) is 24.5 Å². The van der Waals surface area contributed by atoms with Gasteiger partial charge in [0.25, 0.3) is 0 Å². The van der Waals surface area contributed by atoms with Crippen molar-refractivity contribution >= 4 is 11.6 Å². The molecular weight excluding hydrogens is 250 g/mol. The molecule has 2 rings (SSSR count). The SMILES string of the molecule is Cc1c(N)nc(C(C)C)nc1NC(C)c1ccncc1. The van der Waals surface area contributed by atoms with Crippen molar-refractivity contribution in [2.45, 2.75) is 39.7 Å². The molecule has 0 fully saturated rings. The summed E-state index contributed by atoms with van der Waals surface area (Å²) in [6.07, 6.45) is 3.57. The number of pyridine rings is 1. The lowest BCUT2D eigenvalue weighted by molar-refractivity contribution is 0.767. The third-order valence-electron chi connectivity index (χ3n) is 3.28. The quantitative estimate of drug-likeness (QED) is 0.893. The summed E-state index contributed by atoms with van der Waals surface area (Å²) in [5, 5.41) is 3.40. The summed E-state index contributed by atoms with van der Waals surface area (Å²) in [6.45, 7) is 8.13. The van der Waals surface area contributed by atoms with Crippen LogP contribution >= 0.6 is 0 Å². The van der Waals surface area contributed by atoms with Gasteiger partial charge in [0, 0.05) is 23.9 Å². The van der Waals surface area contributed by atoms with Crippen LogP contribution in [0.1, 0.15) is 49.7 Å². The van der Waals surface area contributed by atoms with E-state index in [0.29, 0.717) is 5.82 Å². The van der Waals surface area contributed by atoms with Gasteiger partial charge in [-0.05, 0) is 31.5 Å². The van der Waals surface area contributed by atoms with Crippen molar-refractivity contribution in [3.05, 3.63) is 41.5 Å². The fourth-order valence-electron chi connectivity index (χ4n) is 1.89. The van der Waals surface area contributed by atoms with E-state index >= 15 is 0 Å². The molecule has 0 aliphatic heterocycles. The van der Waals surface area contributed by atoms with Crippen molar-refractivity contribution in [2.24, 2.45) is 0 Å². The summed E-state index contributed by atoms with van der Waals surface area (Å²) >= 11 is 0. The van der Waals surface area contributed by atoms with Crippen molar-refractivity contribution in [1.82, 2.24) is 15.0 Å². The average molecular weight is 271 g/mol. The van der Waals surface area contributed by atoms with E-state index in [1.807, 2.05) is 19.1 Å². The summed E-state index contributed by atoms with van der Waals surface area (Å²) in [7, 11) is 0. The number of aromatic nitrogens is 3. The zero-order valence-electron chi connectivity index (χ0n) is 12.4. The third kappa shape index (κ3) is 3.04. The molecule has 2 aromatic rings. The third-order valence-corrected chi connectivity index (χ3v) is 3.28. The Morgan fingerprint density at radius 3 is 2.35 bits per heavy atom. The predicted molar refractivity (Wildman–Crippen MR) is 81.5 cm³/mol. The summed E-state index contributed by atoms with van der Waals surface area (Å²) in [6, 6.07) is 4.10. The van der Waals surface area contributed by atoms with E-state index in [0.717, 1.165) is 22.8 Å². The van der Waals surface area contributed by atoms with E-state index in [4.69, 9.17) is 5.73 Å². The molecule has 0 aliphatic carbocycles. The van der Waals surface area contributed by atoms with E-state index in [9.17, 15) is 0 Å². The molecule has 0 saturated carbocycles. The average Bonchev–Trinajstić information content (AvgIpc) is 2.44. The molecular formula is C15H21N5. The number of hydrogen-bond donors (Lipinski definition) is 2. The van der Waals surface area contributed by atoms with Crippen molar-refractivity contribution < 1.29 is 0 Å². The van der Waals surface area contributed by atoms with Gasteiger partial charge in [0.2, 0.25) is 0 Å². The monoisotopic (exact) mass is 271 g/mol. The Kier molecular flexibility index (Phi) is 4.17. The minimum atomic E-state index is 0.131. The van der Waals surface area contributed by atoms with Crippen LogP contribution in [0.5, 0.6) is 0 Å². The maximum Gasteiger partial charge on any atom is 0.135 e. The Morgan fingerprint density at radius 2 is 1.75 bits per heavy atom. The van der Waals surface area contributed by atoms with Crippen LogP contribution in [-0.4, -0.2) is 15.0 Å². The number of hydrogen-bond acceptors (Lipinski definition) is 5. The summed E-state index contributed by atoms with van der Waals surface area (Å²) in [4.78, 5) is 12.9. The molecule has 0 aromatic carbocycles. The van der Waals surface area contributed by atoms with E-state index in [2.05, 4.69) is 41.0 Å². The largest absolute Gasteiger partial charge is 0.383 e. The second-order valence-electron chi connectivity index (χ2n) is 5.24. The van der Waals surface area contributed by atoms with E-state index in [1.54, 1.807) is 12.4 Å². The first-order chi connectivity index (χ1) is 9.49. The Balaban J connectivity index is 2.29. The second-order valence-corrected chi connectivity index (χ2v) is 5.24. The highest BCUT2D eigenvalue weighted by atomic mass is 15.1. The molecule has 20 heavy (non-hydrogen) atoms. The van der Waals surface area contributed by atoms with Gasteiger partial charge in [-0.25, -0.2) is 9.97 Å². The van der Waals surface area contributed by atoms with E-state index < -0.39 is 0 Å². The molecule has 5 nitrogen and oxygen atoms in total. The first-order valence-electron chi connectivity index (χ1n) is 6.79. The molecule has 0 aliphatic rings.